The molecule has 0 bridgehead atoms. The van der Waals surface area contributed by atoms with E-state index in [1.165, 1.54) is 6.07 Å². The van der Waals surface area contributed by atoms with Gasteiger partial charge in [0.1, 0.15) is 4.32 Å². The van der Waals surface area contributed by atoms with Crippen LogP contribution in [0, 0.1) is 15.9 Å². The van der Waals surface area contributed by atoms with Crippen LogP contribution >= 0.6 is 23.8 Å². The number of hydrogen-bond acceptors (Lipinski definition) is 3. The molecule has 0 N–H and O–H groups in total. The maximum Gasteiger partial charge on any atom is 0.304 e. The minimum atomic E-state index is -0.939. The Morgan fingerprint density at radius 1 is 1.62 bits per heavy atom. The van der Waals surface area contributed by atoms with Gasteiger partial charge in [0.2, 0.25) is 5.82 Å². The number of hydrogen-bond donors (Lipinski definition) is 0. The molecule has 0 unspecified atom stereocenters. The molecule has 1 aromatic carbocycles. The van der Waals surface area contributed by atoms with Gasteiger partial charge in [-0.15, -0.1) is 0 Å². The van der Waals surface area contributed by atoms with E-state index >= 15 is 0 Å². The van der Waals surface area contributed by atoms with Crippen molar-refractivity contribution < 1.29 is 9.31 Å². The van der Waals surface area contributed by atoms with E-state index in [-0.39, 0.29) is 9.89 Å². The lowest BCUT2D eigenvalue weighted by molar-refractivity contribution is -0.387. The second-order valence-electron chi connectivity index (χ2n) is 2.20. The summed E-state index contributed by atoms with van der Waals surface area (Å²) < 4.78 is 12.9. The third kappa shape index (κ3) is 2.19. The van der Waals surface area contributed by atoms with Crippen LogP contribution in [0.3, 0.4) is 0 Å². The number of benzene rings is 1. The Bertz CT molecular complexity index is 383. The first kappa shape index (κ1) is 10.0. The molecule has 13 heavy (non-hydrogen) atoms. The van der Waals surface area contributed by atoms with Gasteiger partial charge in [-0.05, 0) is 12.1 Å². The largest absolute Gasteiger partial charge is 0.304 e. The van der Waals surface area contributed by atoms with Gasteiger partial charge in [0.25, 0.3) is 0 Å². The fourth-order valence-electron chi connectivity index (χ4n) is 0.777. The lowest BCUT2D eigenvalue weighted by atomic mass is 10.2. The first-order chi connectivity index (χ1) is 6.02. The summed E-state index contributed by atoms with van der Waals surface area (Å²) in [7, 11) is 0. The fourth-order valence-corrected chi connectivity index (χ4v) is 1.02. The molecule has 6 heteroatoms. The molecule has 0 saturated carbocycles. The van der Waals surface area contributed by atoms with Crippen LogP contribution in [0.5, 0.6) is 0 Å². The van der Waals surface area contributed by atoms with E-state index in [1.807, 2.05) is 0 Å². The minimum Gasteiger partial charge on any atom is -0.258 e. The Morgan fingerprint density at radius 2 is 2.23 bits per heavy atom. The van der Waals surface area contributed by atoms with E-state index in [1.54, 1.807) is 0 Å². The van der Waals surface area contributed by atoms with E-state index in [9.17, 15) is 14.5 Å². The number of rotatable bonds is 2. The highest BCUT2D eigenvalue weighted by Crippen LogP contribution is 2.19. The van der Waals surface area contributed by atoms with Crippen LogP contribution in [-0.2, 0) is 0 Å². The molecule has 68 valence electrons. The first-order valence-electron chi connectivity index (χ1n) is 3.16. The Labute approximate surface area is 83.3 Å². The van der Waals surface area contributed by atoms with Gasteiger partial charge in [-0.3, -0.25) is 10.1 Å². The molecular weight excluding hydrogens is 217 g/mol. The van der Waals surface area contributed by atoms with Crippen LogP contribution in [0.15, 0.2) is 18.2 Å². The maximum atomic E-state index is 12.9. The second-order valence-corrected chi connectivity index (χ2v) is 3.21. The molecule has 0 aliphatic heterocycles. The molecular formula is C7H3ClFNO2S. The van der Waals surface area contributed by atoms with Crippen molar-refractivity contribution in [2.75, 3.05) is 0 Å². The Hall–Kier alpha value is -1.07. The SMILES string of the molecule is O=[N+]([O-])c1ccc(C(=S)Cl)cc1F. The van der Waals surface area contributed by atoms with Crippen molar-refractivity contribution >= 4 is 33.8 Å². The van der Waals surface area contributed by atoms with Gasteiger partial charge in [-0.1, -0.05) is 23.8 Å². The van der Waals surface area contributed by atoms with Crippen molar-refractivity contribution in [3.8, 4) is 0 Å². The number of halogens is 2. The molecule has 3 nitrogen and oxygen atoms in total. The zero-order valence-corrected chi connectivity index (χ0v) is 7.73. The zero-order valence-electron chi connectivity index (χ0n) is 6.16. The molecule has 0 amide bonds. The minimum absolute atomic E-state index is 0.0196. The van der Waals surface area contributed by atoms with Crippen LogP contribution in [0.1, 0.15) is 5.56 Å². The Morgan fingerprint density at radius 3 is 2.62 bits per heavy atom. The Kier molecular flexibility index (Phi) is 2.90. The highest BCUT2D eigenvalue weighted by atomic mass is 35.5. The fraction of sp³-hybridized carbons (Fsp3) is 0. The average molecular weight is 220 g/mol. The maximum absolute atomic E-state index is 12.9. The predicted molar refractivity (Wildman–Crippen MR) is 50.6 cm³/mol. The molecule has 0 heterocycles. The number of nitro benzene ring substituents is 1. The van der Waals surface area contributed by atoms with Crippen LogP contribution < -0.4 is 0 Å². The van der Waals surface area contributed by atoms with Gasteiger partial charge in [0, 0.05) is 11.6 Å². The quantitative estimate of drug-likeness (QED) is 0.332. The zero-order chi connectivity index (χ0) is 10.0. The average Bonchev–Trinajstić information content (AvgIpc) is 2.03. The summed E-state index contributed by atoms with van der Waals surface area (Å²) in [5.41, 5.74) is -0.323. The van der Waals surface area contributed by atoms with Crippen LogP contribution in [-0.4, -0.2) is 9.25 Å². The normalized spacial score (nSPS) is 9.69. The number of nitro groups is 1. The molecule has 0 atom stereocenters. The van der Waals surface area contributed by atoms with Crippen molar-refractivity contribution in [1.82, 2.24) is 0 Å². The summed E-state index contributed by atoms with van der Waals surface area (Å²) >= 11 is 9.96. The topological polar surface area (TPSA) is 43.1 Å². The standard InChI is InChI=1S/C7H3ClFNO2S/c8-7(13)4-1-2-6(10(11)12)5(9)3-4/h1-3H. The third-order valence-corrected chi connectivity index (χ3v) is 1.83. The first-order valence-corrected chi connectivity index (χ1v) is 3.95. The van der Waals surface area contributed by atoms with Crippen molar-refractivity contribution in [1.29, 1.82) is 0 Å². The summed E-state index contributed by atoms with van der Waals surface area (Å²) in [6, 6.07) is 3.27. The monoisotopic (exact) mass is 219 g/mol. The van der Waals surface area contributed by atoms with E-state index in [0.717, 1.165) is 12.1 Å². The molecule has 0 aliphatic rings. The second kappa shape index (κ2) is 3.76. The number of nitrogens with zero attached hydrogens (tertiary/aromatic N) is 1. The van der Waals surface area contributed by atoms with E-state index in [4.69, 9.17) is 11.6 Å². The van der Waals surface area contributed by atoms with Gasteiger partial charge >= 0.3 is 5.69 Å². The van der Waals surface area contributed by atoms with Gasteiger partial charge in [-0.2, -0.15) is 4.39 Å². The molecule has 0 spiro atoms. The van der Waals surface area contributed by atoms with Gasteiger partial charge in [0.05, 0.1) is 4.92 Å². The van der Waals surface area contributed by atoms with Crippen molar-refractivity contribution in [2.24, 2.45) is 0 Å². The molecule has 0 saturated heterocycles. The molecule has 1 rings (SSSR count). The summed E-state index contributed by atoms with van der Waals surface area (Å²) in [6.45, 7) is 0. The van der Waals surface area contributed by atoms with Gasteiger partial charge in [-0.25, -0.2) is 0 Å². The van der Waals surface area contributed by atoms with Crippen molar-refractivity contribution in [3.05, 3.63) is 39.7 Å². The van der Waals surface area contributed by atoms with E-state index in [2.05, 4.69) is 12.2 Å². The molecule has 0 aromatic heterocycles. The van der Waals surface area contributed by atoms with E-state index in [0.29, 0.717) is 0 Å². The summed E-state index contributed by atoms with van der Waals surface area (Å²) in [5, 5.41) is 10.2. The molecule has 0 aliphatic carbocycles. The summed E-state index contributed by atoms with van der Waals surface area (Å²) in [5.74, 6) is -0.939. The molecule has 0 fully saturated rings. The summed E-state index contributed by atoms with van der Waals surface area (Å²) in [4.78, 5) is 9.39. The predicted octanol–water partition coefficient (Wildman–Crippen LogP) is 2.65. The van der Waals surface area contributed by atoms with Crippen molar-refractivity contribution in [2.45, 2.75) is 0 Å². The molecule has 0 radical (unpaired) electrons. The smallest absolute Gasteiger partial charge is 0.258 e. The number of thiocarbonyl (C=S) groups is 1. The molecule has 1 aromatic rings. The van der Waals surface area contributed by atoms with Crippen LogP contribution in [0.4, 0.5) is 10.1 Å². The van der Waals surface area contributed by atoms with Gasteiger partial charge < -0.3 is 0 Å². The highest BCUT2D eigenvalue weighted by molar-refractivity contribution is 7.83. The van der Waals surface area contributed by atoms with Crippen LogP contribution in [0.2, 0.25) is 0 Å². The van der Waals surface area contributed by atoms with E-state index < -0.39 is 16.4 Å². The highest BCUT2D eigenvalue weighted by Gasteiger charge is 2.14. The lowest BCUT2D eigenvalue weighted by Crippen LogP contribution is -1.95. The van der Waals surface area contributed by atoms with Crippen LogP contribution in [0.25, 0.3) is 0 Å². The lowest BCUT2D eigenvalue weighted by Gasteiger charge is -1.96. The Balaban J connectivity index is 3.20. The third-order valence-electron chi connectivity index (χ3n) is 1.37. The van der Waals surface area contributed by atoms with Crippen molar-refractivity contribution in [3.63, 3.8) is 0 Å². The summed E-state index contributed by atoms with van der Waals surface area (Å²) in [6.07, 6.45) is 0. The van der Waals surface area contributed by atoms with Gasteiger partial charge in [0.15, 0.2) is 0 Å².